The van der Waals surface area contributed by atoms with Crippen LogP contribution in [0.15, 0.2) is 47.1 Å². The van der Waals surface area contributed by atoms with Crippen LogP contribution in [0.3, 0.4) is 0 Å². The van der Waals surface area contributed by atoms with Gasteiger partial charge in [0.15, 0.2) is 5.76 Å². The highest BCUT2D eigenvalue weighted by Crippen LogP contribution is 2.15. The number of carbonyl (C=O) groups is 1. The molecule has 0 atom stereocenters. The first-order valence-electron chi connectivity index (χ1n) is 7.81. The number of nitriles is 1. The maximum atomic E-state index is 12.2. The molecule has 1 aromatic carbocycles. The number of piperidine rings is 1. The van der Waals surface area contributed by atoms with Gasteiger partial charge in [-0.05, 0) is 42.7 Å². The molecule has 1 fully saturated rings. The van der Waals surface area contributed by atoms with E-state index < -0.39 is 0 Å². The molecule has 0 radical (unpaired) electrons. The predicted octanol–water partition coefficient (Wildman–Crippen LogP) is 2.55. The van der Waals surface area contributed by atoms with Crippen LogP contribution in [0, 0.1) is 11.3 Å². The van der Waals surface area contributed by atoms with Gasteiger partial charge < -0.3 is 14.6 Å². The Labute approximate surface area is 135 Å². The number of furan rings is 1. The Bertz CT molecular complexity index is 695. The molecule has 3 rings (SSSR count). The number of likely N-dealkylation sites (tertiary alicyclic amines) is 1. The first-order valence-corrected chi connectivity index (χ1v) is 7.81. The van der Waals surface area contributed by atoms with Crippen LogP contribution in [-0.4, -0.2) is 29.9 Å². The third-order valence-corrected chi connectivity index (χ3v) is 4.17. The summed E-state index contributed by atoms with van der Waals surface area (Å²) in [4.78, 5) is 14.0. The van der Waals surface area contributed by atoms with Crippen LogP contribution < -0.4 is 5.32 Å². The van der Waals surface area contributed by atoms with Gasteiger partial charge in [0.1, 0.15) is 0 Å². The molecule has 1 amide bonds. The van der Waals surface area contributed by atoms with Gasteiger partial charge >= 0.3 is 0 Å². The molecule has 1 N–H and O–H groups in total. The Hall–Kier alpha value is -2.58. The molecule has 5 nitrogen and oxygen atoms in total. The summed E-state index contributed by atoms with van der Waals surface area (Å²) in [5.41, 5.74) is 1.79. The average Bonchev–Trinajstić information content (AvgIpc) is 3.14. The van der Waals surface area contributed by atoms with Crippen molar-refractivity contribution in [2.75, 3.05) is 13.1 Å². The first-order chi connectivity index (χ1) is 11.3. The molecular formula is C18H19N3O2. The van der Waals surface area contributed by atoms with Gasteiger partial charge in [-0.3, -0.25) is 4.79 Å². The lowest BCUT2D eigenvalue weighted by atomic mass is 10.0. The molecule has 5 heteroatoms. The SMILES string of the molecule is N#Cc1cccc(CNC2CCN(C(=O)c3ccco3)CC2)c1. The lowest BCUT2D eigenvalue weighted by molar-refractivity contribution is 0.0672. The van der Waals surface area contributed by atoms with Crippen LogP contribution in [0.5, 0.6) is 0 Å². The molecule has 0 spiro atoms. The van der Waals surface area contributed by atoms with E-state index in [1.54, 1.807) is 12.1 Å². The zero-order valence-electron chi connectivity index (χ0n) is 12.9. The second-order valence-electron chi connectivity index (χ2n) is 5.74. The zero-order valence-corrected chi connectivity index (χ0v) is 12.9. The fourth-order valence-electron chi connectivity index (χ4n) is 2.86. The van der Waals surface area contributed by atoms with Crippen molar-refractivity contribution in [2.24, 2.45) is 0 Å². The number of nitrogens with zero attached hydrogens (tertiary/aromatic N) is 2. The zero-order chi connectivity index (χ0) is 16.1. The molecule has 0 unspecified atom stereocenters. The minimum Gasteiger partial charge on any atom is -0.459 e. The van der Waals surface area contributed by atoms with Crippen LogP contribution in [0.1, 0.15) is 34.5 Å². The van der Waals surface area contributed by atoms with E-state index in [4.69, 9.17) is 9.68 Å². The summed E-state index contributed by atoms with van der Waals surface area (Å²) in [7, 11) is 0. The van der Waals surface area contributed by atoms with E-state index in [1.807, 2.05) is 29.2 Å². The van der Waals surface area contributed by atoms with Crippen molar-refractivity contribution < 1.29 is 9.21 Å². The second kappa shape index (κ2) is 7.12. The predicted molar refractivity (Wildman–Crippen MR) is 85.6 cm³/mol. The van der Waals surface area contributed by atoms with Crippen molar-refractivity contribution in [3.05, 3.63) is 59.5 Å². The Balaban J connectivity index is 1.48. The first kappa shape index (κ1) is 15.3. The summed E-state index contributed by atoms with van der Waals surface area (Å²) in [6, 6.07) is 13.6. The van der Waals surface area contributed by atoms with E-state index in [2.05, 4.69) is 11.4 Å². The molecule has 1 saturated heterocycles. The highest BCUT2D eigenvalue weighted by molar-refractivity contribution is 5.91. The van der Waals surface area contributed by atoms with E-state index in [1.165, 1.54) is 6.26 Å². The van der Waals surface area contributed by atoms with Gasteiger partial charge in [0, 0.05) is 25.7 Å². The van der Waals surface area contributed by atoms with Gasteiger partial charge in [-0.1, -0.05) is 12.1 Å². The maximum Gasteiger partial charge on any atom is 0.289 e. The summed E-state index contributed by atoms with van der Waals surface area (Å²) < 4.78 is 5.17. The Morgan fingerprint density at radius 1 is 1.30 bits per heavy atom. The normalized spacial score (nSPS) is 15.3. The minimum atomic E-state index is -0.0322. The number of carbonyl (C=O) groups excluding carboxylic acids is 1. The number of hydrogen-bond donors (Lipinski definition) is 1. The molecule has 1 aliphatic rings. The van der Waals surface area contributed by atoms with Crippen LogP contribution in [-0.2, 0) is 6.54 Å². The van der Waals surface area contributed by atoms with Crippen molar-refractivity contribution in [2.45, 2.75) is 25.4 Å². The quantitative estimate of drug-likeness (QED) is 0.942. The molecule has 2 heterocycles. The molecule has 0 saturated carbocycles. The molecule has 118 valence electrons. The lowest BCUT2D eigenvalue weighted by Gasteiger charge is -2.32. The van der Waals surface area contributed by atoms with E-state index in [9.17, 15) is 4.79 Å². The van der Waals surface area contributed by atoms with Crippen LogP contribution in [0.25, 0.3) is 0 Å². The molecule has 0 bridgehead atoms. The third-order valence-electron chi connectivity index (χ3n) is 4.17. The summed E-state index contributed by atoms with van der Waals surface area (Å²) in [5, 5.41) is 12.4. The summed E-state index contributed by atoms with van der Waals surface area (Å²) >= 11 is 0. The smallest absolute Gasteiger partial charge is 0.289 e. The number of nitrogens with one attached hydrogen (secondary N) is 1. The summed E-state index contributed by atoms with van der Waals surface area (Å²) in [5.74, 6) is 0.375. The fraction of sp³-hybridized carbons (Fsp3) is 0.333. The Kier molecular flexibility index (Phi) is 4.74. The van der Waals surface area contributed by atoms with Crippen LogP contribution >= 0.6 is 0 Å². The fourth-order valence-corrected chi connectivity index (χ4v) is 2.86. The standard InChI is InChI=1S/C18H19N3O2/c19-12-14-3-1-4-15(11-14)13-20-16-6-8-21(9-7-16)18(22)17-5-2-10-23-17/h1-5,10-11,16,20H,6-9,13H2. The topological polar surface area (TPSA) is 69.3 Å². The Morgan fingerprint density at radius 3 is 2.83 bits per heavy atom. The molecular weight excluding hydrogens is 290 g/mol. The van der Waals surface area contributed by atoms with E-state index >= 15 is 0 Å². The van der Waals surface area contributed by atoms with Gasteiger partial charge in [-0.15, -0.1) is 0 Å². The number of benzene rings is 1. The van der Waals surface area contributed by atoms with Crippen molar-refractivity contribution in [1.82, 2.24) is 10.2 Å². The number of hydrogen-bond acceptors (Lipinski definition) is 4. The second-order valence-corrected chi connectivity index (χ2v) is 5.74. The largest absolute Gasteiger partial charge is 0.459 e. The highest BCUT2D eigenvalue weighted by atomic mass is 16.3. The Morgan fingerprint density at radius 2 is 2.13 bits per heavy atom. The molecule has 2 aromatic rings. The maximum absolute atomic E-state index is 12.2. The van der Waals surface area contributed by atoms with Crippen LogP contribution in [0.4, 0.5) is 0 Å². The van der Waals surface area contributed by atoms with Crippen molar-refractivity contribution in [3.63, 3.8) is 0 Å². The van der Waals surface area contributed by atoms with Crippen molar-refractivity contribution in [3.8, 4) is 6.07 Å². The summed E-state index contributed by atoms with van der Waals surface area (Å²) in [6.07, 6.45) is 3.37. The molecule has 1 aromatic heterocycles. The lowest BCUT2D eigenvalue weighted by Crippen LogP contribution is -2.44. The van der Waals surface area contributed by atoms with Gasteiger partial charge in [0.2, 0.25) is 0 Å². The van der Waals surface area contributed by atoms with Crippen molar-refractivity contribution in [1.29, 1.82) is 5.26 Å². The third kappa shape index (κ3) is 3.79. The van der Waals surface area contributed by atoms with Crippen molar-refractivity contribution >= 4 is 5.91 Å². The van der Waals surface area contributed by atoms with Crippen LogP contribution in [0.2, 0.25) is 0 Å². The van der Waals surface area contributed by atoms with Gasteiger partial charge in [-0.2, -0.15) is 5.26 Å². The molecule has 0 aliphatic carbocycles. The number of amides is 1. The van der Waals surface area contributed by atoms with E-state index in [0.717, 1.165) is 38.0 Å². The molecule has 23 heavy (non-hydrogen) atoms. The van der Waals surface area contributed by atoms with E-state index in [-0.39, 0.29) is 5.91 Å². The van der Waals surface area contributed by atoms with Gasteiger partial charge in [0.25, 0.3) is 5.91 Å². The highest BCUT2D eigenvalue weighted by Gasteiger charge is 2.24. The molecule has 1 aliphatic heterocycles. The van der Waals surface area contributed by atoms with Gasteiger partial charge in [0.05, 0.1) is 17.9 Å². The minimum absolute atomic E-state index is 0.0322. The average molecular weight is 309 g/mol. The summed E-state index contributed by atoms with van der Waals surface area (Å²) in [6.45, 7) is 2.21. The number of rotatable bonds is 4. The monoisotopic (exact) mass is 309 g/mol. The van der Waals surface area contributed by atoms with Gasteiger partial charge in [-0.25, -0.2) is 0 Å². The van der Waals surface area contributed by atoms with E-state index in [0.29, 0.717) is 17.4 Å².